The highest BCUT2D eigenvalue weighted by molar-refractivity contribution is 6.01. The minimum Gasteiger partial charge on any atom is -0.472 e. The number of nitriles is 1. The van der Waals surface area contributed by atoms with Crippen LogP contribution in [0.4, 0.5) is 19.4 Å². The lowest BCUT2D eigenvalue weighted by Crippen LogP contribution is -2.60. The quantitative estimate of drug-likeness (QED) is 0.456. The molecule has 3 aliphatic heterocycles. The molecule has 4 fully saturated rings. The maximum Gasteiger partial charge on any atom is 0.407 e. The standard InChI is InChI=1S/C31H38F2N6O6/c1-30(2,3)24(36-29(43)44-9-5-7-32)27(41)38-14-19-16-10-18(20(33)11-16)22(19)23(38)26(40)39-15-31(12-17(39)13-34)28(42)37-25-21(45-31)6-4-8-35-25/h4,6,8,16-20,22-24H,5,7,9-12,14-15H2,1-3H3,(H,36,43)(H,35,37,42)/t16-,17-,18+,19+,20+,22-,23-,24+,31+/m0/s1. The Morgan fingerprint density at radius 1 is 1.29 bits per heavy atom. The fourth-order valence-electron chi connectivity index (χ4n) is 8.12. The van der Waals surface area contributed by atoms with Gasteiger partial charge in [0, 0.05) is 25.6 Å². The number of carbonyl (C=O) groups is 4. The Bertz CT molecular complexity index is 1430. The number of alkyl halides is 2. The third kappa shape index (κ3) is 5.23. The predicted octanol–water partition coefficient (Wildman–Crippen LogP) is 2.60. The van der Waals surface area contributed by atoms with Crippen molar-refractivity contribution in [1.82, 2.24) is 20.1 Å². The summed E-state index contributed by atoms with van der Waals surface area (Å²) in [5.41, 5.74) is -2.36. The molecule has 0 radical (unpaired) electrons. The third-order valence-corrected chi connectivity index (χ3v) is 10.2. The average molecular weight is 629 g/mol. The summed E-state index contributed by atoms with van der Waals surface area (Å²) >= 11 is 0. The highest BCUT2D eigenvalue weighted by Crippen LogP contribution is 2.59. The van der Waals surface area contributed by atoms with Gasteiger partial charge in [0.2, 0.25) is 17.4 Å². The van der Waals surface area contributed by atoms with Crippen LogP contribution in [-0.2, 0) is 19.1 Å². The second-order valence-electron chi connectivity index (χ2n) is 13.9. The molecule has 9 atom stereocenters. The maximum atomic E-state index is 15.2. The van der Waals surface area contributed by atoms with E-state index in [0.717, 1.165) is 0 Å². The van der Waals surface area contributed by atoms with Gasteiger partial charge in [-0.05, 0) is 54.1 Å². The SMILES string of the molecule is CC(C)(C)[C@H](NC(=O)OCCCF)C(=O)N1C[C@@H]2[C@H]3C[C@@H]([C@@H]2[C@H]1C(=O)N1C[C@@]2(C[C@H]1C#N)Oc1cccnc1NC2=O)[C@H](F)C3. The van der Waals surface area contributed by atoms with Crippen LogP contribution in [0.5, 0.6) is 5.75 Å². The van der Waals surface area contributed by atoms with Crippen molar-refractivity contribution in [3.8, 4) is 11.8 Å². The van der Waals surface area contributed by atoms with E-state index in [1.54, 1.807) is 32.9 Å². The van der Waals surface area contributed by atoms with Crippen molar-refractivity contribution >= 4 is 29.6 Å². The molecule has 2 saturated carbocycles. The van der Waals surface area contributed by atoms with Crippen molar-refractivity contribution in [3.63, 3.8) is 0 Å². The van der Waals surface area contributed by atoms with Crippen LogP contribution >= 0.6 is 0 Å². The lowest BCUT2D eigenvalue weighted by molar-refractivity contribution is -0.149. The van der Waals surface area contributed by atoms with Crippen molar-refractivity contribution in [3.05, 3.63) is 18.3 Å². The lowest BCUT2D eigenvalue weighted by atomic mass is 9.77. The van der Waals surface area contributed by atoms with E-state index in [9.17, 15) is 28.8 Å². The van der Waals surface area contributed by atoms with E-state index in [-0.39, 0.29) is 50.2 Å². The Kier molecular flexibility index (Phi) is 7.85. The van der Waals surface area contributed by atoms with Gasteiger partial charge in [-0.2, -0.15) is 5.26 Å². The number of hydrogen-bond acceptors (Lipinski definition) is 8. The first-order valence-corrected chi connectivity index (χ1v) is 15.5. The molecular weight excluding hydrogens is 590 g/mol. The lowest BCUT2D eigenvalue weighted by Gasteiger charge is -2.38. The Balaban J connectivity index is 1.31. The maximum absolute atomic E-state index is 15.2. The molecule has 0 unspecified atom stereocenters. The van der Waals surface area contributed by atoms with Gasteiger partial charge < -0.3 is 29.9 Å². The van der Waals surface area contributed by atoms with E-state index >= 15 is 4.39 Å². The molecule has 6 rings (SSSR count). The molecule has 4 heterocycles. The summed E-state index contributed by atoms with van der Waals surface area (Å²) in [7, 11) is 0. The van der Waals surface area contributed by atoms with Gasteiger partial charge in [0.25, 0.3) is 5.91 Å². The molecular formula is C31H38F2N6O6. The van der Waals surface area contributed by atoms with Gasteiger partial charge in [-0.25, -0.2) is 14.2 Å². The van der Waals surface area contributed by atoms with Crippen molar-refractivity contribution in [2.24, 2.45) is 29.1 Å². The largest absolute Gasteiger partial charge is 0.472 e. The van der Waals surface area contributed by atoms with Gasteiger partial charge in [0.05, 0.1) is 25.9 Å². The second kappa shape index (κ2) is 11.4. The molecule has 1 spiro atoms. The van der Waals surface area contributed by atoms with Crippen LogP contribution in [0.2, 0.25) is 0 Å². The zero-order valence-corrected chi connectivity index (χ0v) is 25.5. The highest BCUT2D eigenvalue weighted by Gasteiger charge is 2.65. The van der Waals surface area contributed by atoms with Gasteiger partial charge in [-0.15, -0.1) is 0 Å². The number of alkyl carbamates (subject to hydrolysis) is 1. The molecule has 2 saturated heterocycles. The minimum absolute atomic E-state index is 0.00273. The van der Waals surface area contributed by atoms with Crippen LogP contribution in [0, 0.1) is 40.4 Å². The smallest absolute Gasteiger partial charge is 0.407 e. The van der Waals surface area contributed by atoms with Crippen LogP contribution < -0.4 is 15.4 Å². The second-order valence-corrected chi connectivity index (χ2v) is 13.9. The number of ether oxygens (including phenoxy) is 2. The number of hydrogen-bond donors (Lipinski definition) is 2. The zero-order valence-electron chi connectivity index (χ0n) is 25.5. The first-order valence-electron chi connectivity index (χ1n) is 15.5. The Morgan fingerprint density at radius 3 is 2.78 bits per heavy atom. The molecule has 2 aliphatic carbocycles. The summed E-state index contributed by atoms with van der Waals surface area (Å²) in [4.78, 5) is 61.7. The number of pyridine rings is 1. The summed E-state index contributed by atoms with van der Waals surface area (Å²) in [6.45, 7) is 4.41. The topological polar surface area (TPSA) is 154 Å². The van der Waals surface area contributed by atoms with E-state index in [1.165, 1.54) is 16.0 Å². The molecule has 45 heavy (non-hydrogen) atoms. The Morgan fingerprint density at radius 2 is 2.07 bits per heavy atom. The Labute approximate surface area is 259 Å². The number of likely N-dealkylation sites (tertiary alicyclic amines) is 2. The molecule has 14 heteroatoms. The summed E-state index contributed by atoms with van der Waals surface area (Å²) < 4.78 is 39.0. The van der Waals surface area contributed by atoms with E-state index in [0.29, 0.717) is 18.6 Å². The molecule has 242 valence electrons. The summed E-state index contributed by atoms with van der Waals surface area (Å²) in [6.07, 6.45) is 0.403. The number of rotatable bonds is 6. The fraction of sp³-hybridized carbons (Fsp3) is 0.677. The van der Waals surface area contributed by atoms with E-state index < -0.39 is 77.6 Å². The third-order valence-electron chi connectivity index (χ3n) is 10.2. The van der Waals surface area contributed by atoms with Crippen LogP contribution in [0.15, 0.2) is 18.3 Å². The minimum atomic E-state index is -1.55. The molecule has 2 bridgehead atoms. The molecule has 12 nitrogen and oxygen atoms in total. The zero-order chi connectivity index (χ0) is 32.3. The average Bonchev–Trinajstić information content (AvgIpc) is 3.75. The molecule has 2 N–H and O–H groups in total. The van der Waals surface area contributed by atoms with Crippen LogP contribution in [0.25, 0.3) is 0 Å². The van der Waals surface area contributed by atoms with E-state index in [2.05, 4.69) is 21.7 Å². The molecule has 5 aliphatic rings. The summed E-state index contributed by atoms with van der Waals surface area (Å²) in [5.74, 6) is -2.09. The number of anilines is 1. The van der Waals surface area contributed by atoms with E-state index in [1.807, 2.05) is 0 Å². The number of nitrogens with zero attached hydrogens (tertiary/aromatic N) is 4. The molecule has 1 aromatic heterocycles. The van der Waals surface area contributed by atoms with Crippen molar-refractivity contribution in [2.45, 2.75) is 76.4 Å². The molecule has 0 aromatic carbocycles. The van der Waals surface area contributed by atoms with Gasteiger partial charge >= 0.3 is 6.09 Å². The number of carbonyl (C=O) groups excluding carboxylic acids is 4. The van der Waals surface area contributed by atoms with Crippen LogP contribution in [0.1, 0.15) is 46.5 Å². The van der Waals surface area contributed by atoms with Crippen molar-refractivity contribution in [2.75, 3.05) is 31.7 Å². The number of amides is 4. The van der Waals surface area contributed by atoms with Gasteiger partial charge in [0.1, 0.15) is 24.3 Å². The fourth-order valence-corrected chi connectivity index (χ4v) is 8.12. The van der Waals surface area contributed by atoms with Crippen molar-refractivity contribution < 1.29 is 37.4 Å². The predicted molar refractivity (Wildman–Crippen MR) is 154 cm³/mol. The van der Waals surface area contributed by atoms with Crippen molar-refractivity contribution in [1.29, 1.82) is 5.26 Å². The summed E-state index contributed by atoms with van der Waals surface area (Å²) in [6, 6.07) is 2.15. The van der Waals surface area contributed by atoms with Gasteiger partial charge in [-0.1, -0.05) is 20.8 Å². The number of aromatic nitrogens is 1. The highest BCUT2D eigenvalue weighted by atomic mass is 19.1. The summed E-state index contributed by atoms with van der Waals surface area (Å²) in [5, 5.41) is 15.5. The number of halogens is 2. The first kappa shape index (κ1) is 31.0. The van der Waals surface area contributed by atoms with Crippen LogP contribution in [0.3, 0.4) is 0 Å². The number of fused-ring (bicyclic) bond motifs is 6. The normalized spacial score (nSPS) is 33.6. The monoisotopic (exact) mass is 628 g/mol. The Hall–Kier alpha value is -4.02. The number of nitrogens with one attached hydrogen (secondary N) is 2. The van der Waals surface area contributed by atoms with Gasteiger partial charge in [0.15, 0.2) is 11.6 Å². The molecule has 1 aromatic rings. The molecule has 4 amide bonds. The van der Waals surface area contributed by atoms with Gasteiger partial charge in [-0.3, -0.25) is 18.8 Å². The van der Waals surface area contributed by atoms with E-state index in [4.69, 9.17) is 9.47 Å². The van der Waals surface area contributed by atoms with Crippen LogP contribution in [-0.4, -0.2) is 94.9 Å². The first-order chi connectivity index (χ1) is 21.4.